The van der Waals surface area contributed by atoms with Crippen LogP contribution in [0.25, 0.3) is 0 Å². The van der Waals surface area contributed by atoms with Crippen LogP contribution in [0.3, 0.4) is 0 Å². The van der Waals surface area contributed by atoms with Crippen LogP contribution in [0.2, 0.25) is 0 Å². The molecule has 15 heavy (non-hydrogen) atoms. The zero-order valence-electron chi connectivity index (χ0n) is 9.72. The highest BCUT2D eigenvalue weighted by molar-refractivity contribution is 5.29. The Morgan fingerprint density at radius 1 is 1.40 bits per heavy atom. The number of benzene rings is 1. The van der Waals surface area contributed by atoms with Gasteiger partial charge in [-0.15, -0.1) is 0 Å². The fraction of sp³-hybridized carbons (Fsp3) is 0.538. The van der Waals surface area contributed by atoms with E-state index in [0.29, 0.717) is 18.3 Å². The molecule has 0 amide bonds. The number of halogens is 1. The SMILES string of the molecule is CCCC(C)COc1cc(C)ccc1F. The molecule has 0 N–H and O–H groups in total. The van der Waals surface area contributed by atoms with E-state index in [0.717, 1.165) is 18.4 Å². The van der Waals surface area contributed by atoms with Gasteiger partial charge in [0, 0.05) is 0 Å². The Morgan fingerprint density at radius 2 is 2.13 bits per heavy atom. The Morgan fingerprint density at radius 3 is 2.80 bits per heavy atom. The van der Waals surface area contributed by atoms with Gasteiger partial charge in [0.05, 0.1) is 6.61 Å². The first-order chi connectivity index (χ1) is 7.13. The molecular weight excluding hydrogens is 191 g/mol. The van der Waals surface area contributed by atoms with Crippen molar-refractivity contribution in [3.8, 4) is 5.75 Å². The average molecular weight is 210 g/mol. The van der Waals surface area contributed by atoms with Crippen LogP contribution >= 0.6 is 0 Å². The minimum atomic E-state index is -0.274. The maximum Gasteiger partial charge on any atom is 0.165 e. The van der Waals surface area contributed by atoms with Crippen molar-refractivity contribution in [3.63, 3.8) is 0 Å². The molecule has 84 valence electrons. The number of ether oxygens (including phenoxy) is 1. The highest BCUT2D eigenvalue weighted by Crippen LogP contribution is 2.19. The Balaban J connectivity index is 2.53. The third-order valence-corrected chi connectivity index (χ3v) is 2.39. The van der Waals surface area contributed by atoms with Gasteiger partial charge in [-0.05, 0) is 37.0 Å². The fourth-order valence-electron chi connectivity index (χ4n) is 1.53. The Bertz CT molecular complexity index is 309. The molecule has 0 aliphatic heterocycles. The summed E-state index contributed by atoms with van der Waals surface area (Å²) >= 11 is 0. The second-order valence-electron chi connectivity index (χ2n) is 4.14. The lowest BCUT2D eigenvalue weighted by molar-refractivity contribution is 0.241. The summed E-state index contributed by atoms with van der Waals surface area (Å²) < 4.78 is 18.7. The summed E-state index contributed by atoms with van der Waals surface area (Å²) in [6, 6.07) is 4.95. The van der Waals surface area contributed by atoms with Crippen molar-refractivity contribution >= 4 is 0 Å². The van der Waals surface area contributed by atoms with Crippen molar-refractivity contribution in [2.24, 2.45) is 5.92 Å². The van der Waals surface area contributed by atoms with E-state index < -0.39 is 0 Å². The number of rotatable bonds is 5. The lowest BCUT2D eigenvalue weighted by Gasteiger charge is -2.12. The molecule has 0 radical (unpaired) electrons. The average Bonchev–Trinajstić information content (AvgIpc) is 2.20. The molecule has 1 aromatic rings. The second kappa shape index (κ2) is 5.74. The highest BCUT2D eigenvalue weighted by Gasteiger charge is 2.06. The molecular formula is C13H19FO. The van der Waals surface area contributed by atoms with Gasteiger partial charge in [-0.25, -0.2) is 4.39 Å². The van der Waals surface area contributed by atoms with Crippen LogP contribution in [0, 0.1) is 18.7 Å². The lowest BCUT2D eigenvalue weighted by Crippen LogP contribution is -2.09. The predicted octanol–water partition coefficient (Wildman–Crippen LogP) is 3.95. The maximum absolute atomic E-state index is 13.3. The standard InChI is InChI=1S/C13H19FO/c1-4-5-11(3)9-15-13-8-10(2)6-7-12(13)14/h6-8,11H,4-5,9H2,1-3H3. The third-order valence-electron chi connectivity index (χ3n) is 2.39. The second-order valence-corrected chi connectivity index (χ2v) is 4.14. The van der Waals surface area contributed by atoms with Gasteiger partial charge < -0.3 is 4.74 Å². The molecule has 0 saturated heterocycles. The van der Waals surface area contributed by atoms with E-state index in [1.165, 1.54) is 6.07 Å². The molecule has 0 heterocycles. The first-order valence-electron chi connectivity index (χ1n) is 5.52. The predicted molar refractivity (Wildman–Crippen MR) is 60.7 cm³/mol. The topological polar surface area (TPSA) is 9.23 Å². The van der Waals surface area contributed by atoms with E-state index in [1.54, 1.807) is 12.1 Å². The lowest BCUT2D eigenvalue weighted by atomic mass is 10.1. The summed E-state index contributed by atoms with van der Waals surface area (Å²) in [6.45, 7) is 6.79. The third kappa shape index (κ3) is 3.90. The van der Waals surface area contributed by atoms with E-state index in [-0.39, 0.29) is 5.82 Å². The molecule has 0 aromatic heterocycles. The van der Waals surface area contributed by atoms with Crippen LogP contribution in [0.1, 0.15) is 32.3 Å². The van der Waals surface area contributed by atoms with Crippen LogP contribution in [0.5, 0.6) is 5.75 Å². The van der Waals surface area contributed by atoms with Crippen LogP contribution in [0.15, 0.2) is 18.2 Å². The number of aryl methyl sites for hydroxylation is 1. The largest absolute Gasteiger partial charge is 0.490 e. The van der Waals surface area contributed by atoms with Crippen molar-refractivity contribution in [2.45, 2.75) is 33.6 Å². The summed E-state index contributed by atoms with van der Waals surface area (Å²) in [5.41, 5.74) is 1.02. The molecule has 1 rings (SSSR count). The number of hydrogen-bond acceptors (Lipinski definition) is 1. The Kier molecular flexibility index (Phi) is 4.60. The highest BCUT2D eigenvalue weighted by atomic mass is 19.1. The van der Waals surface area contributed by atoms with Crippen molar-refractivity contribution in [1.82, 2.24) is 0 Å². The zero-order valence-corrected chi connectivity index (χ0v) is 9.72. The molecule has 0 aliphatic carbocycles. The van der Waals surface area contributed by atoms with E-state index in [9.17, 15) is 4.39 Å². The molecule has 0 saturated carbocycles. The molecule has 1 atom stereocenters. The number of hydrogen-bond donors (Lipinski definition) is 0. The minimum absolute atomic E-state index is 0.274. The van der Waals surface area contributed by atoms with Gasteiger partial charge in [-0.2, -0.15) is 0 Å². The fourth-order valence-corrected chi connectivity index (χ4v) is 1.53. The van der Waals surface area contributed by atoms with Gasteiger partial charge in [-0.1, -0.05) is 26.3 Å². The monoisotopic (exact) mass is 210 g/mol. The van der Waals surface area contributed by atoms with Gasteiger partial charge in [0.15, 0.2) is 11.6 Å². The van der Waals surface area contributed by atoms with Crippen LogP contribution in [-0.4, -0.2) is 6.61 Å². The molecule has 2 heteroatoms. The Hall–Kier alpha value is -1.05. The molecule has 0 aliphatic rings. The summed E-state index contributed by atoms with van der Waals surface area (Å²) in [5.74, 6) is 0.581. The molecule has 1 unspecified atom stereocenters. The van der Waals surface area contributed by atoms with Crippen molar-refractivity contribution in [2.75, 3.05) is 6.61 Å². The zero-order chi connectivity index (χ0) is 11.3. The van der Waals surface area contributed by atoms with Gasteiger partial charge in [0.1, 0.15) is 0 Å². The van der Waals surface area contributed by atoms with E-state index >= 15 is 0 Å². The maximum atomic E-state index is 13.3. The van der Waals surface area contributed by atoms with E-state index in [4.69, 9.17) is 4.74 Å². The smallest absolute Gasteiger partial charge is 0.165 e. The molecule has 0 spiro atoms. The summed E-state index contributed by atoms with van der Waals surface area (Å²) in [7, 11) is 0. The van der Waals surface area contributed by atoms with Crippen LogP contribution in [-0.2, 0) is 0 Å². The molecule has 1 nitrogen and oxygen atoms in total. The molecule has 1 aromatic carbocycles. The summed E-state index contributed by atoms with van der Waals surface area (Å²) in [6.07, 6.45) is 2.26. The summed E-state index contributed by atoms with van der Waals surface area (Å²) in [4.78, 5) is 0. The van der Waals surface area contributed by atoms with Crippen molar-refractivity contribution < 1.29 is 9.13 Å². The van der Waals surface area contributed by atoms with Gasteiger partial charge >= 0.3 is 0 Å². The van der Waals surface area contributed by atoms with Crippen LogP contribution in [0.4, 0.5) is 4.39 Å². The van der Waals surface area contributed by atoms with Gasteiger partial charge in [-0.3, -0.25) is 0 Å². The van der Waals surface area contributed by atoms with Gasteiger partial charge in [0.25, 0.3) is 0 Å². The minimum Gasteiger partial charge on any atom is -0.490 e. The molecule has 0 bridgehead atoms. The normalized spacial score (nSPS) is 12.5. The summed E-state index contributed by atoms with van der Waals surface area (Å²) in [5, 5.41) is 0. The van der Waals surface area contributed by atoms with Crippen molar-refractivity contribution in [3.05, 3.63) is 29.6 Å². The van der Waals surface area contributed by atoms with E-state index in [2.05, 4.69) is 13.8 Å². The molecule has 0 fully saturated rings. The van der Waals surface area contributed by atoms with Crippen molar-refractivity contribution in [1.29, 1.82) is 0 Å². The Labute approximate surface area is 91.3 Å². The first kappa shape index (κ1) is 12.0. The first-order valence-corrected chi connectivity index (χ1v) is 5.52. The quantitative estimate of drug-likeness (QED) is 0.715. The van der Waals surface area contributed by atoms with E-state index in [1.807, 2.05) is 6.92 Å². The van der Waals surface area contributed by atoms with Gasteiger partial charge in [0.2, 0.25) is 0 Å². The van der Waals surface area contributed by atoms with Crippen LogP contribution < -0.4 is 4.74 Å².